The Labute approximate surface area is 125 Å². The molecule has 1 aromatic rings. The third-order valence-corrected chi connectivity index (χ3v) is 3.82. The van der Waals surface area contributed by atoms with Crippen molar-refractivity contribution < 1.29 is 19.4 Å². The Morgan fingerprint density at radius 1 is 1.14 bits per heavy atom. The van der Waals surface area contributed by atoms with Crippen molar-refractivity contribution in [3.05, 3.63) is 17.7 Å². The van der Waals surface area contributed by atoms with Crippen LogP contribution in [0.25, 0.3) is 0 Å². The van der Waals surface area contributed by atoms with Crippen LogP contribution in [0, 0.1) is 0 Å². The highest BCUT2D eigenvalue weighted by Crippen LogP contribution is 2.39. The van der Waals surface area contributed by atoms with E-state index in [4.69, 9.17) is 9.47 Å². The largest absolute Gasteiger partial charge is 0.504 e. The van der Waals surface area contributed by atoms with Gasteiger partial charge in [-0.15, -0.1) is 0 Å². The van der Waals surface area contributed by atoms with Crippen molar-refractivity contribution in [1.29, 1.82) is 0 Å². The molecule has 0 aliphatic carbocycles. The van der Waals surface area contributed by atoms with Gasteiger partial charge in [0.2, 0.25) is 5.75 Å². The van der Waals surface area contributed by atoms with Crippen LogP contribution in [0.2, 0.25) is 0 Å². The Morgan fingerprint density at radius 3 is 2.43 bits per heavy atom. The minimum atomic E-state index is 0.0154. The number of ketones is 1. The van der Waals surface area contributed by atoms with Crippen molar-refractivity contribution in [3.8, 4) is 17.2 Å². The van der Waals surface area contributed by atoms with Gasteiger partial charge in [-0.2, -0.15) is 0 Å². The van der Waals surface area contributed by atoms with Crippen LogP contribution >= 0.6 is 0 Å². The maximum absolute atomic E-state index is 12.2. The zero-order chi connectivity index (χ0) is 15.2. The van der Waals surface area contributed by atoms with E-state index >= 15 is 0 Å². The van der Waals surface area contributed by atoms with E-state index in [0.29, 0.717) is 12.3 Å². The summed E-state index contributed by atoms with van der Waals surface area (Å²) in [6.45, 7) is 2.48. The Hall–Kier alpha value is -1.75. The molecule has 0 spiro atoms. The molecule has 0 unspecified atom stereocenters. The second-order valence-electron chi connectivity index (χ2n) is 5.36. The number of hydrogen-bond acceptors (Lipinski definition) is 5. The van der Waals surface area contributed by atoms with Crippen molar-refractivity contribution in [3.63, 3.8) is 0 Å². The molecule has 5 nitrogen and oxygen atoms in total. The zero-order valence-corrected chi connectivity index (χ0v) is 12.7. The molecule has 1 aliphatic heterocycles. The minimum absolute atomic E-state index is 0.0154. The predicted molar refractivity (Wildman–Crippen MR) is 80.2 cm³/mol. The summed E-state index contributed by atoms with van der Waals surface area (Å²) in [6, 6.07) is 3.25. The summed E-state index contributed by atoms with van der Waals surface area (Å²) in [7, 11) is 2.98. The van der Waals surface area contributed by atoms with Crippen molar-refractivity contribution in [2.24, 2.45) is 0 Å². The first-order chi connectivity index (χ1) is 10.2. The van der Waals surface area contributed by atoms with Gasteiger partial charge in [0.15, 0.2) is 17.3 Å². The van der Waals surface area contributed by atoms with Crippen LogP contribution in [0.1, 0.15) is 24.8 Å². The van der Waals surface area contributed by atoms with Crippen LogP contribution in [0.4, 0.5) is 0 Å². The fraction of sp³-hybridized carbons (Fsp3) is 0.562. The highest BCUT2D eigenvalue weighted by atomic mass is 16.5. The summed E-state index contributed by atoms with van der Waals surface area (Å²) in [4.78, 5) is 14.4. The van der Waals surface area contributed by atoms with Crippen LogP contribution in [-0.4, -0.2) is 49.6 Å². The van der Waals surface area contributed by atoms with Gasteiger partial charge in [-0.3, -0.25) is 9.69 Å². The Kier molecular flexibility index (Phi) is 5.44. The SMILES string of the molecule is COc1c(O)ccc(CC(=O)CN2CCCCC2)c1OC. The number of likely N-dealkylation sites (tertiary alicyclic amines) is 1. The fourth-order valence-electron chi connectivity index (χ4n) is 2.79. The van der Waals surface area contributed by atoms with Crippen molar-refractivity contribution in [2.75, 3.05) is 33.9 Å². The fourth-order valence-corrected chi connectivity index (χ4v) is 2.79. The molecule has 1 aliphatic rings. The number of carbonyl (C=O) groups excluding carboxylic acids is 1. The lowest BCUT2D eigenvalue weighted by Gasteiger charge is -2.25. The number of methoxy groups -OCH3 is 2. The smallest absolute Gasteiger partial charge is 0.203 e. The molecule has 1 saturated heterocycles. The number of carbonyl (C=O) groups is 1. The van der Waals surface area contributed by atoms with Gasteiger partial charge in [0, 0.05) is 12.0 Å². The number of aromatic hydroxyl groups is 1. The van der Waals surface area contributed by atoms with Crippen LogP contribution in [0.5, 0.6) is 17.2 Å². The van der Waals surface area contributed by atoms with Crippen molar-refractivity contribution in [1.82, 2.24) is 4.90 Å². The average molecular weight is 293 g/mol. The molecule has 2 rings (SSSR count). The van der Waals surface area contributed by atoms with Crippen molar-refractivity contribution >= 4 is 5.78 Å². The lowest BCUT2D eigenvalue weighted by Crippen LogP contribution is -2.35. The lowest BCUT2D eigenvalue weighted by atomic mass is 10.0. The molecular formula is C16H23NO4. The highest BCUT2D eigenvalue weighted by molar-refractivity contribution is 5.84. The number of piperidine rings is 1. The quantitative estimate of drug-likeness (QED) is 0.869. The van der Waals surface area contributed by atoms with Crippen LogP contribution < -0.4 is 9.47 Å². The lowest BCUT2D eigenvalue weighted by molar-refractivity contribution is -0.119. The molecular weight excluding hydrogens is 270 g/mol. The molecule has 0 saturated carbocycles. The summed E-state index contributed by atoms with van der Waals surface area (Å²) in [5, 5.41) is 9.74. The van der Waals surface area contributed by atoms with Crippen molar-refractivity contribution in [2.45, 2.75) is 25.7 Å². The molecule has 0 radical (unpaired) electrons. The standard InChI is InChI=1S/C16H23NO4/c1-20-15-12(6-7-14(19)16(15)21-2)10-13(18)11-17-8-4-3-5-9-17/h6-7,19H,3-5,8-11H2,1-2H3. The Bertz CT molecular complexity index is 495. The van der Waals surface area contributed by atoms with Crippen LogP contribution in [0.15, 0.2) is 12.1 Å². The van der Waals surface area contributed by atoms with E-state index in [-0.39, 0.29) is 23.7 Å². The van der Waals surface area contributed by atoms with Crippen LogP contribution in [-0.2, 0) is 11.2 Å². The summed E-state index contributed by atoms with van der Waals surface area (Å²) in [6.07, 6.45) is 3.89. The van der Waals surface area contributed by atoms with E-state index in [1.54, 1.807) is 6.07 Å². The summed E-state index contributed by atoms with van der Waals surface area (Å²) >= 11 is 0. The van der Waals surface area contributed by atoms with E-state index < -0.39 is 0 Å². The van der Waals surface area contributed by atoms with Gasteiger partial charge in [0.25, 0.3) is 0 Å². The predicted octanol–water partition coefficient (Wildman–Crippen LogP) is 2.01. The maximum atomic E-state index is 12.2. The summed E-state index contributed by atoms with van der Waals surface area (Å²) < 4.78 is 10.4. The van der Waals surface area contributed by atoms with Gasteiger partial charge >= 0.3 is 0 Å². The number of ether oxygens (including phenoxy) is 2. The maximum Gasteiger partial charge on any atom is 0.203 e. The molecule has 116 valence electrons. The molecule has 1 heterocycles. The number of phenolic OH excluding ortho intramolecular Hbond substituents is 1. The Balaban J connectivity index is 2.06. The Morgan fingerprint density at radius 2 is 1.81 bits per heavy atom. The normalized spacial score (nSPS) is 15.7. The van der Waals surface area contributed by atoms with E-state index in [1.165, 1.54) is 39.5 Å². The van der Waals surface area contributed by atoms with E-state index in [9.17, 15) is 9.90 Å². The molecule has 0 aromatic heterocycles. The van der Waals surface area contributed by atoms with E-state index in [0.717, 1.165) is 18.7 Å². The second kappa shape index (κ2) is 7.31. The number of phenols is 1. The number of hydrogen-bond donors (Lipinski definition) is 1. The third kappa shape index (κ3) is 3.88. The second-order valence-corrected chi connectivity index (χ2v) is 5.36. The van der Waals surface area contributed by atoms with E-state index in [1.807, 2.05) is 0 Å². The number of benzene rings is 1. The average Bonchev–Trinajstić information content (AvgIpc) is 2.49. The first kappa shape index (κ1) is 15.6. The van der Waals surface area contributed by atoms with Gasteiger partial charge in [-0.25, -0.2) is 0 Å². The van der Waals surface area contributed by atoms with Gasteiger partial charge in [0.1, 0.15) is 0 Å². The number of rotatable bonds is 6. The molecule has 1 aromatic carbocycles. The molecule has 0 bridgehead atoms. The monoisotopic (exact) mass is 293 g/mol. The van der Waals surface area contributed by atoms with Gasteiger partial charge < -0.3 is 14.6 Å². The first-order valence-corrected chi connectivity index (χ1v) is 7.32. The molecule has 1 fully saturated rings. The van der Waals surface area contributed by atoms with E-state index in [2.05, 4.69) is 4.90 Å². The molecule has 1 N–H and O–H groups in total. The highest BCUT2D eigenvalue weighted by Gasteiger charge is 2.19. The first-order valence-electron chi connectivity index (χ1n) is 7.32. The number of Topliss-reactive ketones (excluding diaryl/α,β-unsaturated/α-hetero) is 1. The van der Waals surface area contributed by atoms with Crippen LogP contribution in [0.3, 0.4) is 0 Å². The molecule has 0 amide bonds. The molecule has 0 atom stereocenters. The summed E-state index contributed by atoms with van der Waals surface area (Å²) in [5.41, 5.74) is 0.745. The van der Waals surface area contributed by atoms with Gasteiger partial charge in [-0.1, -0.05) is 12.5 Å². The number of nitrogens with zero attached hydrogens (tertiary/aromatic N) is 1. The molecule has 21 heavy (non-hydrogen) atoms. The third-order valence-electron chi connectivity index (χ3n) is 3.82. The zero-order valence-electron chi connectivity index (χ0n) is 12.7. The minimum Gasteiger partial charge on any atom is -0.504 e. The van der Waals surface area contributed by atoms with Gasteiger partial charge in [0.05, 0.1) is 20.8 Å². The van der Waals surface area contributed by atoms with Gasteiger partial charge in [-0.05, 0) is 32.0 Å². The summed E-state index contributed by atoms with van der Waals surface area (Å²) in [5.74, 6) is 0.884. The topological polar surface area (TPSA) is 59.0 Å². The molecule has 5 heteroatoms.